The van der Waals surface area contributed by atoms with Crippen molar-refractivity contribution in [3.63, 3.8) is 0 Å². The van der Waals surface area contributed by atoms with E-state index in [-0.39, 0.29) is 11.7 Å². The number of carbonyl (C=O) groups excluding carboxylic acids is 3. The molecule has 184 valence electrons. The third-order valence-corrected chi connectivity index (χ3v) is 5.80. The smallest absolute Gasteiger partial charge is 0.335 e. The fourth-order valence-electron chi connectivity index (χ4n) is 2.98. The fourth-order valence-corrected chi connectivity index (χ4v) is 3.72. The summed E-state index contributed by atoms with van der Waals surface area (Å²) in [6.07, 6.45) is 1.68. The Kier molecular flexibility index (Phi) is 9.65. The number of rotatable bonds is 11. The van der Waals surface area contributed by atoms with Crippen LogP contribution in [0.4, 0.5) is 0 Å². The van der Waals surface area contributed by atoms with Crippen LogP contribution in [0, 0.1) is 0 Å². The quantitative estimate of drug-likeness (QED) is 0.101. The monoisotopic (exact) mass is 502 g/mol. The molecule has 6 nitrogen and oxygen atoms in total. The number of esters is 2. The summed E-state index contributed by atoms with van der Waals surface area (Å²) < 4.78 is 15.7. The van der Waals surface area contributed by atoms with E-state index in [0.717, 1.165) is 33.9 Å². The summed E-state index contributed by atoms with van der Waals surface area (Å²) >= 11 is 1.14. The van der Waals surface area contributed by atoms with Crippen LogP contribution in [0.25, 0.3) is 11.1 Å². The van der Waals surface area contributed by atoms with Crippen molar-refractivity contribution < 1.29 is 28.6 Å². The molecule has 0 radical (unpaired) electrons. The van der Waals surface area contributed by atoms with Gasteiger partial charge >= 0.3 is 11.9 Å². The molecule has 0 bridgehead atoms. The maximum atomic E-state index is 12.7. The van der Waals surface area contributed by atoms with Crippen LogP contribution in [0.5, 0.6) is 11.5 Å². The van der Waals surface area contributed by atoms with Gasteiger partial charge in [-0.25, -0.2) is 9.59 Å². The summed E-state index contributed by atoms with van der Waals surface area (Å²) in [5.74, 6) is 0.196. The first kappa shape index (κ1) is 26.5. The summed E-state index contributed by atoms with van der Waals surface area (Å²) in [5, 5.41) is -0.0683. The standard InChI is InChI=1S/C29H26O6S/c1-4-27(30)35-25-12-10-22(11-13-25)21-6-8-23(9-7-21)29(32)36-26-16-14-24(15-17-26)33-18-5-19-34-28(31)20(2)3/h4,6-17H,1-2,5,18-19H2,3H3. The molecule has 0 aliphatic heterocycles. The molecule has 3 aromatic carbocycles. The Morgan fingerprint density at radius 3 is 2.00 bits per heavy atom. The minimum absolute atomic E-state index is 0.0683. The Balaban J connectivity index is 1.48. The van der Waals surface area contributed by atoms with Gasteiger partial charge in [-0.2, -0.15) is 0 Å². The number of ether oxygens (including phenoxy) is 3. The van der Waals surface area contributed by atoms with Crippen molar-refractivity contribution in [1.29, 1.82) is 0 Å². The molecule has 0 amide bonds. The van der Waals surface area contributed by atoms with E-state index < -0.39 is 11.9 Å². The molecule has 3 aromatic rings. The van der Waals surface area contributed by atoms with Gasteiger partial charge in [0.1, 0.15) is 11.5 Å². The van der Waals surface area contributed by atoms with Crippen molar-refractivity contribution >= 4 is 28.8 Å². The first-order valence-corrected chi connectivity index (χ1v) is 12.0. The van der Waals surface area contributed by atoms with Crippen LogP contribution >= 0.6 is 11.8 Å². The van der Waals surface area contributed by atoms with Crippen LogP contribution in [0.2, 0.25) is 0 Å². The van der Waals surface area contributed by atoms with E-state index in [0.29, 0.717) is 35.7 Å². The third kappa shape index (κ3) is 7.99. The van der Waals surface area contributed by atoms with Gasteiger partial charge in [0.05, 0.1) is 13.2 Å². The predicted molar refractivity (Wildman–Crippen MR) is 140 cm³/mol. The first-order chi connectivity index (χ1) is 17.4. The van der Waals surface area contributed by atoms with Crippen molar-refractivity contribution in [1.82, 2.24) is 0 Å². The van der Waals surface area contributed by atoms with Gasteiger partial charge in [-0.1, -0.05) is 37.4 Å². The van der Waals surface area contributed by atoms with Crippen LogP contribution < -0.4 is 9.47 Å². The molecule has 36 heavy (non-hydrogen) atoms. The second-order valence-corrected chi connectivity index (χ2v) is 8.75. The Morgan fingerprint density at radius 2 is 1.42 bits per heavy atom. The van der Waals surface area contributed by atoms with Gasteiger partial charge in [0.15, 0.2) is 0 Å². The molecule has 3 rings (SSSR count). The molecule has 0 heterocycles. The van der Waals surface area contributed by atoms with E-state index in [4.69, 9.17) is 14.2 Å². The van der Waals surface area contributed by atoms with E-state index in [1.54, 1.807) is 43.3 Å². The zero-order chi connectivity index (χ0) is 25.9. The molecular weight excluding hydrogens is 476 g/mol. The number of benzene rings is 3. The fraction of sp³-hybridized carbons (Fsp3) is 0.138. The molecule has 0 aliphatic carbocycles. The zero-order valence-corrected chi connectivity index (χ0v) is 20.7. The lowest BCUT2D eigenvalue weighted by molar-refractivity contribution is -0.139. The second kappa shape index (κ2) is 13.1. The van der Waals surface area contributed by atoms with Gasteiger partial charge in [-0.05, 0) is 78.3 Å². The predicted octanol–water partition coefficient (Wildman–Crippen LogP) is 6.27. The third-order valence-electron chi connectivity index (χ3n) is 4.87. The van der Waals surface area contributed by atoms with Crippen LogP contribution in [0.3, 0.4) is 0 Å². The molecule has 0 unspecified atom stereocenters. The van der Waals surface area contributed by atoms with Crippen molar-refractivity contribution in [2.24, 2.45) is 0 Å². The summed E-state index contributed by atoms with van der Waals surface area (Å²) in [5.41, 5.74) is 2.83. The maximum absolute atomic E-state index is 12.7. The lowest BCUT2D eigenvalue weighted by atomic mass is 10.0. The molecule has 0 N–H and O–H groups in total. The second-order valence-electron chi connectivity index (χ2n) is 7.71. The molecule has 0 atom stereocenters. The topological polar surface area (TPSA) is 78.9 Å². The van der Waals surface area contributed by atoms with E-state index >= 15 is 0 Å². The highest BCUT2D eigenvalue weighted by atomic mass is 32.2. The molecule has 0 aromatic heterocycles. The molecule has 0 saturated carbocycles. The van der Waals surface area contributed by atoms with E-state index in [2.05, 4.69) is 13.2 Å². The summed E-state index contributed by atoms with van der Waals surface area (Å²) in [7, 11) is 0. The molecule has 7 heteroatoms. The molecule has 0 saturated heterocycles. The SMILES string of the molecule is C=CC(=O)Oc1ccc(-c2ccc(C(=O)Sc3ccc(OCCCOC(=O)C(=C)C)cc3)cc2)cc1. The van der Waals surface area contributed by atoms with Crippen LogP contribution in [-0.2, 0) is 14.3 Å². The lowest BCUT2D eigenvalue weighted by Crippen LogP contribution is -2.09. The minimum Gasteiger partial charge on any atom is -0.493 e. The average molecular weight is 503 g/mol. The number of carbonyl (C=O) groups is 3. The minimum atomic E-state index is -0.510. The number of thioether (sulfide) groups is 1. The lowest BCUT2D eigenvalue weighted by Gasteiger charge is -2.08. The highest BCUT2D eigenvalue weighted by molar-refractivity contribution is 8.14. The van der Waals surface area contributed by atoms with E-state index in [1.807, 2.05) is 36.4 Å². The number of hydrogen-bond donors (Lipinski definition) is 0. The molecular formula is C29H26O6S. The Bertz CT molecular complexity index is 1230. The largest absolute Gasteiger partial charge is 0.493 e. The number of hydrogen-bond acceptors (Lipinski definition) is 7. The van der Waals surface area contributed by atoms with Gasteiger partial charge < -0.3 is 14.2 Å². The molecule has 0 spiro atoms. The Labute approximate surface area is 214 Å². The van der Waals surface area contributed by atoms with Gasteiger partial charge in [-0.3, -0.25) is 4.79 Å². The summed E-state index contributed by atoms with van der Waals surface area (Å²) in [4.78, 5) is 36.1. The average Bonchev–Trinajstić information content (AvgIpc) is 2.89. The summed E-state index contributed by atoms with van der Waals surface area (Å²) in [6, 6.07) is 21.7. The van der Waals surface area contributed by atoms with Crippen molar-refractivity contribution in [3.05, 3.63) is 103 Å². The van der Waals surface area contributed by atoms with E-state index in [1.165, 1.54) is 0 Å². The van der Waals surface area contributed by atoms with Crippen LogP contribution in [-0.4, -0.2) is 30.3 Å². The van der Waals surface area contributed by atoms with Gasteiger partial charge in [0, 0.05) is 28.5 Å². The van der Waals surface area contributed by atoms with Crippen molar-refractivity contribution in [3.8, 4) is 22.6 Å². The van der Waals surface area contributed by atoms with Gasteiger partial charge in [-0.15, -0.1) is 0 Å². The first-order valence-electron chi connectivity index (χ1n) is 11.2. The maximum Gasteiger partial charge on any atom is 0.335 e. The zero-order valence-electron chi connectivity index (χ0n) is 19.9. The van der Waals surface area contributed by atoms with Gasteiger partial charge in [0.2, 0.25) is 5.12 Å². The van der Waals surface area contributed by atoms with Crippen LogP contribution in [0.1, 0.15) is 23.7 Å². The highest BCUT2D eigenvalue weighted by Gasteiger charge is 2.10. The Hall–Kier alpha value is -4.10. The van der Waals surface area contributed by atoms with E-state index in [9.17, 15) is 14.4 Å². The Morgan fingerprint density at radius 1 is 0.833 bits per heavy atom. The normalized spacial score (nSPS) is 10.2. The van der Waals surface area contributed by atoms with Crippen molar-refractivity contribution in [2.45, 2.75) is 18.2 Å². The molecule has 0 aliphatic rings. The van der Waals surface area contributed by atoms with Crippen LogP contribution in [0.15, 0.2) is 102 Å². The highest BCUT2D eigenvalue weighted by Crippen LogP contribution is 2.27. The van der Waals surface area contributed by atoms with Gasteiger partial charge in [0.25, 0.3) is 0 Å². The summed E-state index contributed by atoms with van der Waals surface area (Å²) in [6.45, 7) is 9.18. The van der Waals surface area contributed by atoms with Crippen molar-refractivity contribution in [2.75, 3.05) is 13.2 Å². The molecule has 0 fully saturated rings.